The second-order valence-electron chi connectivity index (χ2n) is 24.9. The van der Waals surface area contributed by atoms with Crippen molar-refractivity contribution in [3.63, 3.8) is 0 Å². The number of pyridine rings is 1. The van der Waals surface area contributed by atoms with E-state index in [1.807, 2.05) is 6.20 Å². The number of hydrogen-bond donors (Lipinski definition) is 1. The van der Waals surface area contributed by atoms with Crippen LogP contribution in [0, 0.1) is 5.41 Å². The van der Waals surface area contributed by atoms with E-state index in [9.17, 15) is 5.11 Å². The van der Waals surface area contributed by atoms with E-state index >= 15 is 0 Å². The first-order valence-corrected chi connectivity index (χ1v) is 25.0. The number of aromatic hydroxyl groups is 1. The van der Waals surface area contributed by atoms with Crippen molar-refractivity contribution in [2.24, 2.45) is 5.41 Å². The summed E-state index contributed by atoms with van der Waals surface area (Å²) in [5.74, 6) is 2.82. The van der Waals surface area contributed by atoms with Crippen LogP contribution in [0.2, 0.25) is 0 Å². The predicted octanol–water partition coefficient (Wildman–Crippen LogP) is 18.0. The molecule has 0 aliphatic heterocycles. The van der Waals surface area contributed by atoms with E-state index in [0.29, 0.717) is 11.4 Å². The standard InChI is InChI=1S/C65H71N3O2/c1-61(2,3)39-48-26-29-56(70-48)42-24-27-50-41(32-42)30-31-66-57(50)44-33-43(34-46(35-44)63(7,8)9)49-22-19-23-55-58(49)67-60(52-37-47(64(10,11)12)38-53(59(52)69)65(13,14)15)68(55)54-28-25-45(62(4,5)6)36-51(54)40-20-17-16-18-21-40/h16-38,69H,39H2,1-15H3. The molecule has 0 bridgehead atoms. The number of furan rings is 1. The minimum absolute atomic E-state index is 0.0810. The average molecular weight is 926 g/mol. The Labute approximate surface area is 416 Å². The molecule has 358 valence electrons. The van der Waals surface area contributed by atoms with Crippen molar-refractivity contribution in [3.05, 3.63) is 168 Å². The Morgan fingerprint density at radius 3 is 1.86 bits per heavy atom. The minimum Gasteiger partial charge on any atom is -0.507 e. The summed E-state index contributed by atoms with van der Waals surface area (Å²) >= 11 is 0. The molecule has 0 fully saturated rings. The quantitative estimate of drug-likeness (QED) is 0.173. The van der Waals surface area contributed by atoms with Gasteiger partial charge in [0.2, 0.25) is 0 Å². The van der Waals surface area contributed by atoms with Crippen molar-refractivity contribution >= 4 is 21.8 Å². The summed E-state index contributed by atoms with van der Waals surface area (Å²) in [6.45, 7) is 33.5. The number of rotatable bonds is 7. The fraction of sp³-hybridized carbons (Fsp3) is 0.323. The smallest absolute Gasteiger partial charge is 0.149 e. The molecule has 0 saturated heterocycles. The fourth-order valence-electron chi connectivity index (χ4n) is 9.68. The molecule has 1 N–H and O–H groups in total. The molecule has 70 heavy (non-hydrogen) atoms. The first-order chi connectivity index (χ1) is 32.7. The van der Waals surface area contributed by atoms with Gasteiger partial charge in [-0.1, -0.05) is 177 Å². The molecular weight excluding hydrogens is 855 g/mol. The highest BCUT2D eigenvalue weighted by atomic mass is 16.3. The topological polar surface area (TPSA) is 64.1 Å². The summed E-state index contributed by atoms with van der Waals surface area (Å²) in [6.07, 6.45) is 2.80. The molecule has 0 saturated carbocycles. The number of phenolic OH excluding ortho intramolecular Hbond substituents is 1. The van der Waals surface area contributed by atoms with E-state index in [0.717, 1.165) is 95.6 Å². The lowest BCUT2D eigenvalue weighted by Gasteiger charge is -2.28. The highest BCUT2D eigenvalue weighted by Gasteiger charge is 2.30. The van der Waals surface area contributed by atoms with Gasteiger partial charge in [0.25, 0.3) is 0 Å². The van der Waals surface area contributed by atoms with E-state index in [2.05, 4.69) is 242 Å². The zero-order valence-corrected chi connectivity index (χ0v) is 44.2. The molecule has 0 amide bonds. The van der Waals surface area contributed by atoms with Crippen LogP contribution in [0.4, 0.5) is 0 Å². The van der Waals surface area contributed by atoms with Gasteiger partial charge < -0.3 is 9.52 Å². The molecule has 0 unspecified atom stereocenters. The van der Waals surface area contributed by atoms with Gasteiger partial charge in [-0.05, 0) is 121 Å². The van der Waals surface area contributed by atoms with E-state index in [-0.39, 0.29) is 32.8 Å². The highest BCUT2D eigenvalue weighted by molar-refractivity contribution is 6.00. The summed E-state index contributed by atoms with van der Waals surface area (Å²) in [7, 11) is 0. The number of phenols is 1. The lowest BCUT2D eigenvalue weighted by Crippen LogP contribution is -2.17. The maximum atomic E-state index is 12.6. The van der Waals surface area contributed by atoms with Crippen molar-refractivity contribution in [3.8, 4) is 67.7 Å². The number of fused-ring (bicyclic) bond motifs is 2. The second-order valence-corrected chi connectivity index (χ2v) is 24.9. The Bertz CT molecular complexity index is 3420. The average Bonchev–Trinajstić information content (AvgIpc) is 3.91. The molecule has 3 aromatic heterocycles. The zero-order valence-electron chi connectivity index (χ0n) is 44.2. The minimum atomic E-state index is -0.332. The number of para-hydroxylation sites is 1. The second kappa shape index (κ2) is 17.3. The zero-order chi connectivity index (χ0) is 50.3. The van der Waals surface area contributed by atoms with Crippen molar-refractivity contribution in [2.75, 3.05) is 0 Å². The monoisotopic (exact) mass is 926 g/mol. The molecular formula is C65H71N3O2. The molecule has 0 aliphatic rings. The normalized spacial score (nSPS) is 12.9. The molecule has 5 heteroatoms. The van der Waals surface area contributed by atoms with E-state index < -0.39 is 0 Å². The third-order valence-electron chi connectivity index (χ3n) is 13.7. The predicted molar refractivity (Wildman–Crippen MR) is 295 cm³/mol. The third-order valence-corrected chi connectivity index (χ3v) is 13.7. The highest BCUT2D eigenvalue weighted by Crippen LogP contribution is 2.47. The van der Waals surface area contributed by atoms with Gasteiger partial charge in [0, 0.05) is 45.8 Å². The van der Waals surface area contributed by atoms with Gasteiger partial charge in [0.1, 0.15) is 23.1 Å². The number of imidazole rings is 1. The van der Waals surface area contributed by atoms with Crippen molar-refractivity contribution in [1.82, 2.24) is 14.5 Å². The Morgan fingerprint density at radius 1 is 0.514 bits per heavy atom. The van der Waals surface area contributed by atoms with Crippen LogP contribution in [0.5, 0.6) is 5.75 Å². The van der Waals surface area contributed by atoms with Crippen molar-refractivity contribution in [1.29, 1.82) is 0 Å². The van der Waals surface area contributed by atoms with E-state index in [1.54, 1.807) is 0 Å². The summed E-state index contributed by atoms with van der Waals surface area (Å²) in [5.41, 5.74) is 14.6. The van der Waals surface area contributed by atoms with E-state index in [1.165, 1.54) is 11.1 Å². The maximum Gasteiger partial charge on any atom is 0.149 e. The molecule has 0 atom stereocenters. The van der Waals surface area contributed by atoms with Crippen molar-refractivity contribution in [2.45, 2.75) is 132 Å². The SMILES string of the molecule is CC(C)(C)Cc1ccc(-c2ccc3c(-c4cc(-c5cccc6c5nc(-c5cc(C(C)(C)C)cc(C(C)(C)C)c5O)n6-c5ccc(C(C)(C)C)cc5-c5ccccc5)cc(C(C)(C)C)c4)nccc3c2)o1. The summed E-state index contributed by atoms with van der Waals surface area (Å²) in [5, 5.41) is 14.8. The van der Waals surface area contributed by atoms with Crippen LogP contribution in [0.15, 0.2) is 144 Å². The molecule has 0 radical (unpaired) electrons. The number of hydrogen-bond acceptors (Lipinski definition) is 4. The molecule has 0 spiro atoms. The summed E-state index contributed by atoms with van der Waals surface area (Å²) < 4.78 is 8.68. The van der Waals surface area contributed by atoms with Crippen LogP contribution in [-0.2, 0) is 28.1 Å². The van der Waals surface area contributed by atoms with Gasteiger partial charge in [-0.25, -0.2) is 4.98 Å². The Kier molecular flexibility index (Phi) is 11.9. The first kappa shape index (κ1) is 48.3. The molecule has 5 nitrogen and oxygen atoms in total. The number of aromatic nitrogens is 3. The van der Waals surface area contributed by atoms with E-state index in [4.69, 9.17) is 14.4 Å². The van der Waals surface area contributed by atoms with Gasteiger partial charge >= 0.3 is 0 Å². The lowest BCUT2D eigenvalue weighted by atomic mass is 9.79. The summed E-state index contributed by atoms with van der Waals surface area (Å²) in [4.78, 5) is 10.8. The molecule has 6 aromatic carbocycles. The Balaban J connectivity index is 1.31. The Hall–Kier alpha value is -6.72. The lowest BCUT2D eigenvalue weighted by molar-refractivity contribution is 0.366. The number of benzene rings is 6. The van der Waals surface area contributed by atoms with Crippen molar-refractivity contribution < 1.29 is 9.52 Å². The van der Waals surface area contributed by atoms with Crippen LogP contribution >= 0.6 is 0 Å². The van der Waals surface area contributed by atoms with Crippen LogP contribution < -0.4 is 0 Å². The molecule has 0 aliphatic carbocycles. The van der Waals surface area contributed by atoms with Gasteiger partial charge in [-0.2, -0.15) is 0 Å². The van der Waals surface area contributed by atoms with Crippen LogP contribution in [0.25, 0.3) is 83.7 Å². The molecule has 9 rings (SSSR count). The fourth-order valence-corrected chi connectivity index (χ4v) is 9.68. The Morgan fingerprint density at radius 2 is 1.19 bits per heavy atom. The maximum absolute atomic E-state index is 12.6. The van der Waals surface area contributed by atoms with Gasteiger partial charge in [-0.15, -0.1) is 0 Å². The molecule has 9 aromatic rings. The van der Waals surface area contributed by atoms with Gasteiger partial charge in [0.15, 0.2) is 0 Å². The molecule has 3 heterocycles. The largest absolute Gasteiger partial charge is 0.507 e. The number of nitrogens with zero attached hydrogens (tertiary/aromatic N) is 3. The van der Waals surface area contributed by atoms with Crippen LogP contribution in [0.3, 0.4) is 0 Å². The van der Waals surface area contributed by atoms with Crippen LogP contribution in [-0.4, -0.2) is 19.6 Å². The van der Waals surface area contributed by atoms with Gasteiger partial charge in [-0.3, -0.25) is 9.55 Å². The summed E-state index contributed by atoms with van der Waals surface area (Å²) in [6, 6.07) is 48.2. The van der Waals surface area contributed by atoms with Crippen LogP contribution in [0.1, 0.15) is 132 Å². The first-order valence-electron chi connectivity index (χ1n) is 25.0. The van der Waals surface area contributed by atoms with Gasteiger partial charge in [0.05, 0.1) is 28.0 Å². The third kappa shape index (κ3) is 9.48.